The lowest BCUT2D eigenvalue weighted by Gasteiger charge is -2.47. The maximum absolute atomic E-state index is 12.8. The number of piperidine rings is 2. The van der Waals surface area contributed by atoms with Gasteiger partial charge in [0, 0.05) is 35.1 Å². The van der Waals surface area contributed by atoms with Crippen LogP contribution in [0.4, 0.5) is 0 Å². The van der Waals surface area contributed by atoms with E-state index in [1.165, 1.54) is 25.8 Å². The molecule has 21 heavy (non-hydrogen) atoms. The fraction of sp³-hybridized carbons (Fsp3) is 0.588. The monoisotopic (exact) mass is 350 g/mol. The summed E-state index contributed by atoms with van der Waals surface area (Å²) >= 11 is 3.46. The Labute approximate surface area is 135 Å². The number of carbonyl (C=O) groups excluding carboxylic acids is 1. The third-order valence-electron chi connectivity index (χ3n) is 4.87. The van der Waals surface area contributed by atoms with Crippen molar-refractivity contribution >= 4 is 21.8 Å². The van der Waals surface area contributed by atoms with E-state index in [4.69, 9.17) is 0 Å². The molecule has 0 saturated carbocycles. The van der Waals surface area contributed by atoms with Gasteiger partial charge in [0.1, 0.15) is 0 Å². The molecule has 1 unspecified atom stereocenters. The zero-order valence-corrected chi connectivity index (χ0v) is 14.2. The molecule has 2 heterocycles. The first-order valence-electron chi connectivity index (χ1n) is 7.81. The van der Waals surface area contributed by atoms with E-state index in [2.05, 4.69) is 32.8 Å². The Hall–Kier alpha value is -0.870. The molecule has 2 fully saturated rings. The van der Waals surface area contributed by atoms with Crippen molar-refractivity contribution in [3.8, 4) is 0 Å². The summed E-state index contributed by atoms with van der Waals surface area (Å²) in [5.41, 5.74) is 1.12. The molecule has 114 valence electrons. The first-order valence-corrected chi connectivity index (χ1v) is 8.61. The maximum atomic E-state index is 12.8. The Morgan fingerprint density at radius 1 is 1.19 bits per heavy atom. The number of benzene rings is 1. The number of hydrogen-bond acceptors (Lipinski definition) is 2. The molecule has 0 bridgehead atoms. The zero-order valence-electron chi connectivity index (χ0n) is 12.6. The van der Waals surface area contributed by atoms with Crippen LogP contribution in [0.2, 0.25) is 0 Å². The zero-order chi connectivity index (χ0) is 14.9. The largest absolute Gasteiger partial charge is 0.338 e. The normalized spacial score (nSPS) is 27.0. The highest BCUT2D eigenvalue weighted by Crippen LogP contribution is 2.38. The molecule has 1 atom stereocenters. The minimum Gasteiger partial charge on any atom is -0.338 e. The highest BCUT2D eigenvalue weighted by molar-refractivity contribution is 9.10. The highest BCUT2D eigenvalue weighted by atomic mass is 79.9. The van der Waals surface area contributed by atoms with Gasteiger partial charge in [0.05, 0.1) is 0 Å². The summed E-state index contributed by atoms with van der Waals surface area (Å²) in [4.78, 5) is 17.3. The van der Waals surface area contributed by atoms with Crippen molar-refractivity contribution < 1.29 is 4.79 Å². The summed E-state index contributed by atoms with van der Waals surface area (Å²) in [6.45, 7) is 4.15. The second-order valence-corrected chi connectivity index (χ2v) is 7.60. The second kappa shape index (κ2) is 6.09. The van der Waals surface area contributed by atoms with E-state index >= 15 is 0 Å². The summed E-state index contributed by atoms with van der Waals surface area (Å²) in [6, 6.07) is 7.74. The van der Waals surface area contributed by atoms with Crippen LogP contribution in [0.25, 0.3) is 0 Å². The molecule has 3 rings (SSSR count). The standard InChI is InChI=1S/C17H23BrN2O/c1-19-9-3-7-17(12-19)8-4-10-20(13-17)16(21)14-5-2-6-15(18)11-14/h2,5-6,11H,3-4,7-10,12-13H2,1H3. The molecule has 1 aromatic carbocycles. The van der Waals surface area contributed by atoms with E-state index in [0.29, 0.717) is 5.41 Å². The number of hydrogen-bond donors (Lipinski definition) is 0. The predicted octanol–water partition coefficient (Wildman–Crippen LogP) is 3.40. The molecule has 2 aliphatic rings. The van der Waals surface area contributed by atoms with Crippen molar-refractivity contribution in [2.45, 2.75) is 25.7 Å². The summed E-state index contributed by atoms with van der Waals surface area (Å²) in [7, 11) is 2.20. The van der Waals surface area contributed by atoms with Crippen LogP contribution >= 0.6 is 15.9 Å². The van der Waals surface area contributed by atoms with Gasteiger partial charge in [-0.05, 0) is 57.5 Å². The Balaban J connectivity index is 1.75. The summed E-state index contributed by atoms with van der Waals surface area (Å²) in [6.07, 6.45) is 4.92. The quantitative estimate of drug-likeness (QED) is 0.774. The van der Waals surface area contributed by atoms with Gasteiger partial charge >= 0.3 is 0 Å². The number of amides is 1. The molecule has 0 aromatic heterocycles. The van der Waals surface area contributed by atoms with Crippen LogP contribution in [0.15, 0.2) is 28.7 Å². The predicted molar refractivity (Wildman–Crippen MR) is 88.4 cm³/mol. The SMILES string of the molecule is CN1CCCC2(CCCN(C(=O)c3cccc(Br)c3)C2)C1. The Bertz CT molecular complexity index is 529. The van der Waals surface area contributed by atoms with Crippen molar-refractivity contribution in [2.75, 3.05) is 33.2 Å². The minimum atomic E-state index is 0.184. The fourth-order valence-corrected chi connectivity index (χ4v) is 4.37. The number of carbonyl (C=O) groups is 1. The minimum absolute atomic E-state index is 0.184. The van der Waals surface area contributed by atoms with Gasteiger partial charge in [-0.15, -0.1) is 0 Å². The number of likely N-dealkylation sites (tertiary alicyclic amines) is 2. The molecule has 1 aromatic rings. The lowest BCUT2D eigenvalue weighted by atomic mass is 9.74. The van der Waals surface area contributed by atoms with Crippen LogP contribution in [0.5, 0.6) is 0 Å². The average Bonchev–Trinajstić information content (AvgIpc) is 2.46. The Morgan fingerprint density at radius 3 is 2.67 bits per heavy atom. The van der Waals surface area contributed by atoms with E-state index < -0.39 is 0 Å². The van der Waals surface area contributed by atoms with E-state index in [0.717, 1.165) is 36.1 Å². The molecule has 2 saturated heterocycles. The second-order valence-electron chi connectivity index (χ2n) is 6.68. The van der Waals surface area contributed by atoms with Crippen LogP contribution in [-0.4, -0.2) is 48.9 Å². The van der Waals surface area contributed by atoms with E-state index in [1.54, 1.807) is 0 Å². The topological polar surface area (TPSA) is 23.6 Å². The van der Waals surface area contributed by atoms with Gasteiger partial charge in [-0.25, -0.2) is 0 Å². The van der Waals surface area contributed by atoms with Gasteiger partial charge in [0.15, 0.2) is 0 Å². The van der Waals surface area contributed by atoms with E-state index in [-0.39, 0.29) is 5.91 Å². The van der Waals surface area contributed by atoms with Gasteiger partial charge in [0.25, 0.3) is 5.91 Å². The van der Waals surface area contributed by atoms with E-state index in [1.807, 2.05) is 24.3 Å². The molecule has 1 spiro atoms. The summed E-state index contributed by atoms with van der Waals surface area (Å²) in [5, 5.41) is 0. The van der Waals surface area contributed by atoms with Crippen LogP contribution in [0.3, 0.4) is 0 Å². The van der Waals surface area contributed by atoms with Gasteiger partial charge in [0.2, 0.25) is 0 Å². The Kier molecular flexibility index (Phi) is 4.36. The lowest BCUT2D eigenvalue weighted by Crippen LogP contribution is -2.52. The van der Waals surface area contributed by atoms with Crippen molar-refractivity contribution in [1.29, 1.82) is 0 Å². The van der Waals surface area contributed by atoms with Crippen molar-refractivity contribution in [1.82, 2.24) is 9.80 Å². The van der Waals surface area contributed by atoms with Gasteiger partial charge in [-0.3, -0.25) is 4.79 Å². The first kappa shape index (κ1) is 15.0. The number of nitrogens with zero attached hydrogens (tertiary/aromatic N) is 2. The molecule has 2 aliphatic heterocycles. The third-order valence-corrected chi connectivity index (χ3v) is 5.37. The van der Waals surface area contributed by atoms with Gasteiger partial charge in [-0.1, -0.05) is 22.0 Å². The molecule has 0 N–H and O–H groups in total. The molecule has 1 amide bonds. The van der Waals surface area contributed by atoms with Crippen LogP contribution in [0, 0.1) is 5.41 Å². The maximum Gasteiger partial charge on any atom is 0.253 e. The summed E-state index contributed by atoms with van der Waals surface area (Å²) in [5.74, 6) is 0.184. The Morgan fingerprint density at radius 2 is 1.95 bits per heavy atom. The van der Waals surface area contributed by atoms with Gasteiger partial charge < -0.3 is 9.80 Å². The van der Waals surface area contributed by atoms with Crippen molar-refractivity contribution in [3.05, 3.63) is 34.3 Å². The fourth-order valence-electron chi connectivity index (χ4n) is 3.97. The summed E-state index contributed by atoms with van der Waals surface area (Å²) < 4.78 is 0.970. The molecule has 0 radical (unpaired) electrons. The van der Waals surface area contributed by atoms with E-state index in [9.17, 15) is 4.79 Å². The van der Waals surface area contributed by atoms with Crippen molar-refractivity contribution in [2.24, 2.45) is 5.41 Å². The van der Waals surface area contributed by atoms with Crippen LogP contribution in [0.1, 0.15) is 36.0 Å². The lowest BCUT2D eigenvalue weighted by molar-refractivity contribution is 0.0206. The smallest absolute Gasteiger partial charge is 0.253 e. The molecule has 0 aliphatic carbocycles. The third kappa shape index (κ3) is 3.32. The highest BCUT2D eigenvalue weighted by Gasteiger charge is 2.39. The van der Waals surface area contributed by atoms with Crippen LogP contribution in [-0.2, 0) is 0 Å². The molecule has 3 nitrogen and oxygen atoms in total. The number of halogens is 1. The molecule has 4 heteroatoms. The van der Waals surface area contributed by atoms with Crippen LogP contribution < -0.4 is 0 Å². The van der Waals surface area contributed by atoms with Gasteiger partial charge in [-0.2, -0.15) is 0 Å². The van der Waals surface area contributed by atoms with Crippen molar-refractivity contribution in [3.63, 3.8) is 0 Å². The average molecular weight is 351 g/mol. The molecular formula is C17H23BrN2O. The molecular weight excluding hydrogens is 328 g/mol. The number of rotatable bonds is 1. The first-order chi connectivity index (χ1) is 10.1.